The van der Waals surface area contributed by atoms with Gasteiger partial charge in [0, 0.05) is 23.7 Å². The van der Waals surface area contributed by atoms with Crippen LogP contribution < -0.4 is 5.32 Å². The van der Waals surface area contributed by atoms with Crippen LogP contribution in [0.4, 0.5) is 0 Å². The van der Waals surface area contributed by atoms with E-state index in [4.69, 9.17) is 16.3 Å². The summed E-state index contributed by atoms with van der Waals surface area (Å²) in [5.74, 6) is 0.627. The van der Waals surface area contributed by atoms with Crippen LogP contribution in [0.3, 0.4) is 0 Å². The van der Waals surface area contributed by atoms with Crippen LogP contribution in [-0.2, 0) is 4.74 Å². The molecule has 0 amide bonds. The third kappa shape index (κ3) is 3.25. The lowest BCUT2D eigenvalue weighted by Gasteiger charge is -2.40. The molecule has 1 saturated heterocycles. The van der Waals surface area contributed by atoms with E-state index in [9.17, 15) is 0 Å². The van der Waals surface area contributed by atoms with E-state index in [0.717, 1.165) is 30.1 Å². The third-order valence-corrected chi connectivity index (χ3v) is 3.69. The van der Waals surface area contributed by atoms with Crippen molar-refractivity contribution in [2.24, 2.45) is 5.92 Å². The Morgan fingerprint density at radius 1 is 1.44 bits per heavy atom. The van der Waals surface area contributed by atoms with E-state index in [2.05, 4.69) is 32.2 Å². The highest BCUT2D eigenvalue weighted by Gasteiger charge is 2.34. The minimum atomic E-state index is -0.101. The molecule has 1 aromatic rings. The highest BCUT2D eigenvalue weighted by Crippen LogP contribution is 2.34. The molecule has 18 heavy (non-hydrogen) atoms. The van der Waals surface area contributed by atoms with Crippen molar-refractivity contribution in [1.82, 2.24) is 5.32 Å². The van der Waals surface area contributed by atoms with E-state index >= 15 is 0 Å². The standard InChI is InChI=1S/C15H22ClNO/c1-11(2)8-15(3)10-17-9-14(18-15)12-6-4-5-7-13(12)16/h4-7,11,14,17H,8-10H2,1-3H3. The molecule has 0 aromatic heterocycles. The Morgan fingerprint density at radius 3 is 2.83 bits per heavy atom. The Bertz CT molecular complexity index is 407. The highest BCUT2D eigenvalue weighted by molar-refractivity contribution is 6.31. The molecule has 1 aliphatic heterocycles. The van der Waals surface area contributed by atoms with Crippen LogP contribution in [0.2, 0.25) is 5.02 Å². The van der Waals surface area contributed by atoms with Gasteiger partial charge < -0.3 is 10.1 Å². The lowest BCUT2D eigenvalue weighted by atomic mass is 9.91. The number of rotatable bonds is 3. The minimum absolute atomic E-state index is 0.0520. The molecule has 0 radical (unpaired) electrons. The second-order valence-electron chi connectivity index (χ2n) is 5.81. The van der Waals surface area contributed by atoms with E-state index in [-0.39, 0.29) is 11.7 Å². The van der Waals surface area contributed by atoms with Crippen molar-refractivity contribution in [2.45, 2.75) is 38.9 Å². The number of morpholine rings is 1. The van der Waals surface area contributed by atoms with E-state index in [1.54, 1.807) is 0 Å². The number of ether oxygens (including phenoxy) is 1. The third-order valence-electron chi connectivity index (χ3n) is 3.35. The summed E-state index contributed by atoms with van der Waals surface area (Å²) in [6.07, 6.45) is 1.11. The predicted octanol–water partition coefficient (Wildman–Crippen LogP) is 3.81. The van der Waals surface area contributed by atoms with Gasteiger partial charge in [-0.2, -0.15) is 0 Å². The molecule has 1 aliphatic rings. The molecule has 1 fully saturated rings. The smallest absolute Gasteiger partial charge is 0.0971 e. The number of hydrogen-bond acceptors (Lipinski definition) is 2. The molecule has 100 valence electrons. The number of hydrogen-bond donors (Lipinski definition) is 1. The van der Waals surface area contributed by atoms with Crippen LogP contribution in [0.5, 0.6) is 0 Å². The zero-order valence-corrected chi connectivity index (χ0v) is 12.1. The van der Waals surface area contributed by atoms with Crippen molar-refractivity contribution in [3.63, 3.8) is 0 Å². The molecule has 0 saturated carbocycles. The maximum Gasteiger partial charge on any atom is 0.0971 e. The summed E-state index contributed by atoms with van der Waals surface area (Å²) in [4.78, 5) is 0. The Labute approximate surface area is 115 Å². The Morgan fingerprint density at radius 2 is 2.17 bits per heavy atom. The molecular weight excluding hydrogens is 246 g/mol. The van der Waals surface area contributed by atoms with E-state index < -0.39 is 0 Å². The zero-order valence-electron chi connectivity index (χ0n) is 11.4. The van der Waals surface area contributed by atoms with Gasteiger partial charge in [0.1, 0.15) is 0 Å². The molecule has 2 unspecified atom stereocenters. The van der Waals surface area contributed by atoms with Gasteiger partial charge in [0.25, 0.3) is 0 Å². The van der Waals surface area contributed by atoms with E-state index in [0.29, 0.717) is 5.92 Å². The largest absolute Gasteiger partial charge is 0.365 e. The first-order chi connectivity index (χ1) is 8.50. The first kappa shape index (κ1) is 13.9. The second kappa shape index (κ2) is 5.60. The summed E-state index contributed by atoms with van der Waals surface area (Å²) in [7, 11) is 0. The number of halogens is 1. The van der Waals surface area contributed by atoms with Gasteiger partial charge in [0.2, 0.25) is 0 Å². The van der Waals surface area contributed by atoms with Crippen LogP contribution in [0.25, 0.3) is 0 Å². The molecule has 1 N–H and O–H groups in total. The summed E-state index contributed by atoms with van der Waals surface area (Å²) >= 11 is 6.25. The summed E-state index contributed by atoms with van der Waals surface area (Å²) in [6, 6.07) is 7.94. The van der Waals surface area contributed by atoms with Crippen molar-refractivity contribution in [2.75, 3.05) is 13.1 Å². The maximum atomic E-state index is 6.30. The summed E-state index contributed by atoms with van der Waals surface area (Å²) in [5.41, 5.74) is 0.984. The molecule has 0 spiro atoms. The van der Waals surface area contributed by atoms with Gasteiger partial charge in [-0.15, -0.1) is 0 Å². The van der Waals surface area contributed by atoms with Crippen LogP contribution in [0.15, 0.2) is 24.3 Å². The predicted molar refractivity (Wildman–Crippen MR) is 76.0 cm³/mol. The van der Waals surface area contributed by atoms with Gasteiger partial charge in [0.05, 0.1) is 11.7 Å². The number of benzene rings is 1. The SMILES string of the molecule is CC(C)CC1(C)CNCC(c2ccccc2Cl)O1. The van der Waals surface area contributed by atoms with Gasteiger partial charge in [-0.25, -0.2) is 0 Å². The van der Waals surface area contributed by atoms with Crippen LogP contribution in [0, 0.1) is 5.92 Å². The normalized spacial score (nSPS) is 28.6. The van der Waals surface area contributed by atoms with Crippen LogP contribution in [-0.4, -0.2) is 18.7 Å². The van der Waals surface area contributed by atoms with E-state index in [1.807, 2.05) is 18.2 Å². The molecule has 2 nitrogen and oxygen atoms in total. The van der Waals surface area contributed by atoms with Gasteiger partial charge in [-0.1, -0.05) is 43.6 Å². The lowest BCUT2D eigenvalue weighted by Crippen LogP contribution is -2.49. The molecular formula is C15H22ClNO. The van der Waals surface area contributed by atoms with Crippen molar-refractivity contribution in [3.8, 4) is 0 Å². The summed E-state index contributed by atoms with van der Waals surface area (Å²) < 4.78 is 6.30. The Balaban J connectivity index is 2.14. The van der Waals surface area contributed by atoms with Gasteiger partial charge in [-0.3, -0.25) is 0 Å². The van der Waals surface area contributed by atoms with Crippen molar-refractivity contribution >= 4 is 11.6 Å². The fourth-order valence-electron chi connectivity index (χ4n) is 2.79. The van der Waals surface area contributed by atoms with Gasteiger partial charge in [-0.05, 0) is 25.3 Å². The number of nitrogens with one attached hydrogen (secondary N) is 1. The maximum absolute atomic E-state index is 6.30. The molecule has 0 aliphatic carbocycles. The molecule has 2 rings (SSSR count). The molecule has 3 heteroatoms. The second-order valence-corrected chi connectivity index (χ2v) is 6.21. The zero-order chi connectivity index (χ0) is 13.2. The summed E-state index contributed by atoms with van der Waals surface area (Å²) in [6.45, 7) is 8.38. The summed E-state index contributed by atoms with van der Waals surface area (Å²) in [5, 5.41) is 4.26. The van der Waals surface area contributed by atoms with Gasteiger partial charge >= 0.3 is 0 Å². The van der Waals surface area contributed by atoms with Crippen molar-refractivity contribution in [3.05, 3.63) is 34.9 Å². The quantitative estimate of drug-likeness (QED) is 0.899. The van der Waals surface area contributed by atoms with Crippen molar-refractivity contribution in [1.29, 1.82) is 0 Å². The molecule has 2 atom stereocenters. The fourth-order valence-corrected chi connectivity index (χ4v) is 3.05. The highest BCUT2D eigenvalue weighted by atomic mass is 35.5. The van der Waals surface area contributed by atoms with E-state index in [1.165, 1.54) is 0 Å². The molecule has 1 heterocycles. The average molecular weight is 268 g/mol. The molecule has 1 aromatic carbocycles. The van der Waals surface area contributed by atoms with Crippen molar-refractivity contribution < 1.29 is 4.74 Å². The Hall–Kier alpha value is -0.570. The fraction of sp³-hybridized carbons (Fsp3) is 0.600. The first-order valence-electron chi connectivity index (χ1n) is 6.63. The first-order valence-corrected chi connectivity index (χ1v) is 7.01. The average Bonchev–Trinajstić information content (AvgIpc) is 2.27. The monoisotopic (exact) mass is 267 g/mol. The molecule has 0 bridgehead atoms. The minimum Gasteiger partial charge on any atom is -0.365 e. The topological polar surface area (TPSA) is 21.3 Å². The Kier molecular flexibility index (Phi) is 4.31. The van der Waals surface area contributed by atoms with Crippen LogP contribution in [0.1, 0.15) is 38.9 Å². The van der Waals surface area contributed by atoms with Crippen LogP contribution >= 0.6 is 11.6 Å². The van der Waals surface area contributed by atoms with Gasteiger partial charge in [0.15, 0.2) is 0 Å². The lowest BCUT2D eigenvalue weighted by molar-refractivity contribution is -0.117.